The van der Waals surface area contributed by atoms with Crippen LogP contribution in [-0.4, -0.2) is 28.4 Å². The van der Waals surface area contributed by atoms with E-state index < -0.39 is 24.3 Å². The van der Waals surface area contributed by atoms with Gasteiger partial charge >= 0.3 is 24.3 Å². The smallest absolute Gasteiger partial charge is 0.315 e. The van der Waals surface area contributed by atoms with Gasteiger partial charge in [-0.2, -0.15) is 13.8 Å². The van der Waals surface area contributed by atoms with E-state index in [2.05, 4.69) is 14.7 Å². The molecule has 0 radical (unpaired) electrons. The summed E-state index contributed by atoms with van der Waals surface area (Å²) in [6.07, 6.45) is -4.10. The summed E-state index contributed by atoms with van der Waals surface area (Å²) in [5.41, 5.74) is 0. The zero-order valence-electron chi connectivity index (χ0n) is 7.30. The second-order valence-corrected chi connectivity index (χ2v) is 2.52. The number of halogens is 4. The Morgan fingerprint density at radius 1 is 1.53 bits per heavy atom. The van der Waals surface area contributed by atoms with E-state index in [1.165, 1.54) is 12.2 Å². The van der Waals surface area contributed by atoms with E-state index in [4.69, 9.17) is 0 Å². The maximum Gasteiger partial charge on any atom is 0.383 e. The van der Waals surface area contributed by atoms with Crippen LogP contribution in [-0.2, 0) is 4.79 Å². The van der Waals surface area contributed by atoms with Gasteiger partial charge in [0.25, 0.3) is 0 Å². The molecule has 9 heteroatoms. The fourth-order valence-corrected chi connectivity index (χ4v) is 0.627. The third-order valence-electron chi connectivity index (χ3n) is 1.32. The number of aryl methyl sites for hydroxylation is 1. The van der Waals surface area contributed by atoms with E-state index in [0.29, 0.717) is 0 Å². The van der Waals surface area contributed by atoms with E-state index >= 15 is 0 Å². The Kier molecular flexibility index (Phi) is 2.91. The number of rotatable bonds is 3. The maximum atomic E-state index is 12.4. The summed E-state index contributed by atoms with van der Waals surface area (Å²) in [5.74, 6) is -6.91. The monoisotopic (exact) mass is 227 g/mol. The van der Waals surface area contributed by atoms with Crippen LogP contribution >= 0.6 is 0 Å². The summed E-state index contributed by atoms with van der Waals surface area (Å²) in [4.78, 5) is 14.0. The molecule has 0 aromatic carbocycles. The highest BCUT2D eigenvalue weighted by Crippen LogP contribution is 2.24. The highest BCUT2D eigenvalue weighted by Gasteiger charge is 2.49. The Labute approximate surface area is 80.4 Å². The molecule has 15 heavy (non-hydrogen) atoms. The molecule has 1 aromatic rings. The maximum absolute atomic E-state index is 12.4. The van der Waals surface area contributed by atoms with E-state index in [1.807, 2.05) is 0 Å². The molecule has 0 aliphatic rings. The molecule has 1 aromatic heterocycles. The molecule has 0 aliphatic carbocycles. The summed E-state index contributed by atoms with van der Waals surface area (Å²) in [5, 5.41) is 4.54. The van der Waals surface area contributed by atoms with Crippen LogP contribution < -0.4 is 5.32 Å². The van der Waals surface area contributed by atoms with E-state index in [-0.39, 0.29) is 5.82 Å². The molecule has 0 spiro atoms. The fraction of sp³-hybridized carbons (Fsp3) is 0.500. The number of carbonyl (C=O) groups is 1. The second kappa shape index (κ2) is 3.83. The van der Waals surface area contributed by atoms with Crippen LogP contribution in [0.2, 0.25) is 0 Å². The topological polar surface area (TPSA) is 68.0 Å². The van der Waals surface area contributed by atoms with Gasteiger partial charge in [0.2, 0.25) is 0 Å². The van der Waals surface area contributed by atoms with Crippen LogP contribution in [0.15, 0.2) is 4.52 Å². The third kappa shape index (κ3) is 2.42. The largest absolute Gasteiger partial charge is 0.383 e. The first-order valence-corrected chi connectivity index (χ1v) is 3.61. The lowest BCUT2D eigenvalue weighted by Gasteiger charge is -2.12. The minimum Gasteiger partial charge on any atom is -0.315 e. The minimum absolute atomic E-state index is 0.0747. The predicted molar refractivity (Wildman–Crippen MR) is 38.6 cm³/mol. The molecule has 1 heterocycles. The second-order valence-electron chi connectivity index (χ2n) is 2.52. The molecule has 1 rings (SSSR count). The van der Waals surface area contributed by atoms with Crippen molar-refractivity contribution in [3.8, 4) is 0 Å². The van der Waals surface area contributed by atoms with Crippen LogP contribution in [0.1, 0.15) is 5.82 Å². The van der Waals surface area contributed by atoms with Crippen molar-refractivity contribution >= 4 is 11.9 Å². The minimum atomic E-state index is -4.79. The lowest BCUT2D eigenvalue weighted by atomic mass is 10.3. The zero-order valence-corrected chi connectivity index (χ0v) is 7.30. The Morgan fingerprint density at radius 2 is 2.13 bits per heavy atom. The third-order valence-corrected chi connectivity index (χ3v) is 1.32. The van der Waals surface area contributed by atoms with Gasteiger partial charge in [-0.25, -0.2) is 8.78 Å². The Balaban J connectivity index is 2.71. The van der Waals surface area contributed by atoms with Crippen molar-refractivity contribution in [1.82, 2.24) is 10.1 Å². The number of nitrogens with zero attached hydrogens (tertiary/aromatic N) is 2. The lowest BCUT2D eigenvalue weighted by Crippen LogP contribution is -2.41. The van der Waals surface area contributed by atoms with Gasteiger partial charge in [-0.3, -0.25) is 10.1 Å². The first-order chi connectivity index (χ1) is 6.84. The number of alkyl halides is 4. The van der Waals surface area contributed by atoms with Crippen molar-refractivity contribution in [3.05, 3.63) is 5.82 Å². The van der Waals surface area contributed by atoms with Crippen LogP contribution in [0.25, 0.3) is 0 Å². The molecule has 0 saturated carbocycles. The molecular formula is C6H5F4N3O2. The van der Waals surface area contributed by atoms with Crippen molar-refractivity contribution in [3.63, 3.8) is 0 Å². The van der Waals surface area contributed by atoms with Gasteiger partial charge in [-0.05, 0) is 6.92 Å². The molecule has 0 bridgehead atoms. The zero-order chi connectivity index (χ0) is 11.6. The van der Waals surface area contributed by atoms with Crippen molar-refractivity contribution in [2.24, 2.45) is 0 Å². The van der Waals surface area contributed by atoms with Gasteiger partial charge in [-0.1, -0.05) is 5.16 Å². The van der Waals surface area contributed by atoms with Gasteiger partial charge in [0.1, 0.15) is 0 Å². The van der Waals surface area contributed by atoms with Gasteiger partial charge < -0.3 is 4.52 Å². The van der Waals surface area contributed by atoms with E-state index in [1.54, 1.807) is 0 Å². The first-order valence-electron chi connectivity index (χ1n) is 3.61. The number of nitrogens with one attached hydrogen (secondary N) is 1. The molecule has 1 amide bonds. The lowest BCUT2D eigenvalue weighted by molar-refractivity contribution is -0.163. The quantitative estimate of drug-likeness (QED) is 0.788. The van der Waals surface area contributed by atoms with Gasteiger partial charge in [0, 0.05) is 0 Å². The summed E-state index contributed by atoms with van der Waals surface area (Å²) in [7, 11) is 0. The molecule has 84 valence electrons. The van der Waals surface area contributed by atoms with Crippen LogP contribution in [0.3, 0.4) is 0 Å². The molecule has 0 saturated heterocycles. The van der Waals surface area contributed by atoms with E-state index in [0.717, 1.165) is 0 Å². The van der Waals surface area contributed by atoms with Crippen LogP contribution in [0, 0.1) is 6.92 Å². The average Bonchev–Trinajstić information content (AvgIpc) is 2.50. The van der Waals surface area contributed by atoms with Gasteiger partial charge in [0.05, 0.1) is 0 Å². The average molecular weight is 227 g/mol. The van der Waals surface area contributed by atoms with Crippen molar-refractivity contribution in [2.45, 2.75) is 19.3 Å². The molecule has 0 aliphatic heterocycles. The molecule has 0 atom stereocenters. The number of hydrogen-bond donors (Lipinski definition) is 1. The molecule has 0 unspecified atom stereocenters. The standard InChI is InChI=1S/C6H5F4N3O2/c1-2-11-5(15-13-2)12-4(14)6(9,10)3(7)8/h3H,1H3,(H,11,12,13,14). The number of carbonyl (C=O) groups excluding carboxylic acids is 1. The Morgan fingerprint density at radius 3 is 2.53 bits per heavy atom. The molecule has 5 nitrogen and oxygen atoms in total. The van der Waals surface area contributed by atoms with Crippen LogP contribution in [0.4, 0.5) is 23.6 Å². The normalized spacial score (nSPS) is 11.9. The highest BCUT2D eigenvalue weighted by molar-refractivity contribution is 5.94. The SMILES string of the molecule is Cc1noc(NC(=O)C(F)(F)C(F)F)n1. The Bertz CT molecular complexity index is 365. The summed E-state index contributed by atoms with van der Waals surface area (Å²) in [6.45, 7) is 1.37. The van der Waals surface area contributed by atoms with Gasteiger partial charge in [0.15, 0.2) is 5.82 Å². The summed E-state index contributed by atoms with van der Waals surface area (Å²) in [6, 6.07) is -0.655. The summed E-state index contributed by atoms with van der Waals surface area (Å²) >= 11 is 0. The van der Waals surface area contributed by atoms with Crippen LogP contribution in [0.5, 0.6) is 0 Å². The molecule has 0 fully saturated rings. The number of anilines is 1. The van der Waals surface area contributed by atoms with E-state index in [9.17, 15) is 22.4 Å². The summed E-state index contributed by atoms with van der Waals surface area (Å²) < 4.78 is 52.4. The number of amides is 1. The number of aromatic nitrogens is 2. The fourth-order valence-electron chi connectivity index (χ4n) is 0.627. The van der Waals surface area contributed by atoms with Gasteiger partial charge in [-0.15, -0.1) is 0 Å². The predicted octanol–water partition coefficient (Wildman–Crippen LogP) is 1.22. The van der Waals surface area contributed by atoms with Crippen molar-refractivity contribution in [2.75, 3.05) is 5.32 Å². The number of hydrogen-bond acceptors (Lipinski definition) is 4. The molecular weight excluding hydrogens is 222 g/mol. The highest BCUT2D eigenvalue weighted by atomic mass is 19.3. The first kappa shape index (κ1) is 11.4. The molecule has 1 N–H and O–H groups in total. The Hall–Kier alpha value is -1.67. The van der Waals surface area contributed by atoms with Crippen molar-refractivity contribution in [1.29, 1.82) is 0 Å². The van der Waals surface area contributed by atoms with Crippen molar-refractivity contribution < 1.29 is 26.9 Å².